The van der Waals surface area contributed by atoms with Gasteiger partial charge in [0, 0.05) is 34.3 Å². The predicted molar refractivity (Wildman–Crippen MR) is 106 cm³/mol. The molecule has 3 aromatic rings. The van der Waals surface area contributed by atoms with Crippen LogP contribution in [0.2, 0.25) is 0 Å². The molecule has 1 N–H and O–H groups in total. The molecule has 0 fully saturated rings. The summed E-state index contributed by atoms with van der Waals surface area (Å²) in [6.45, 7) is 3.78. The maximum atomic E-state index is 13.8. The van der Waals surface area contributed by atoms with Gasteiger partial charge in [0.2, 0.25) is 5.91 Å². The average molecular weight is 393 g/mol. The van der Waals surface area contributed by atoms with Gasteiger partial charge in [-0.1, -0.05) is 43.0 Å². The maximum absolute atomic E-state index is 13.8. The molecule has 0 bridgehead atoms. The summed E-state index contributed by atoms with van der Waals surface area (Å²) in [4.78, 5) is 31.2. The van der Waals surface area contributed by atoms with E-state index < -0.39 is 0 Å². The topological polar surface area (TPSA) is 62.3 Å². The molecule has 7 heteroatoms. The maximum Gasteiger partial charge on any atom is 0.259 e. The number of thiazole rings is 1. The summed E-state index contributed by atoms with van der Waals surface area (Å²) in [5, 5.41) is 3.11. The number of nitrogens with one attached hydrogen (secondary N) is 1. The van der Waals surface area contributed by atoms with Crippen LogP contribution in [-0.2, 0) is 11.2 Å². The molecule has 140 valence electrons. The Morgan fingerprint density at radius 3 is 2.61 bits per heavy atom. The highest BCUT2D eigenvalue weighted by molar-refractivity contribution is 7.15. The number of anilines is 1. The fourth-order valence-electron chi connectivity index (χ4n) is 3.08. The monoisotopic (exact) mass is 393 g/mol. The third-order valence-electron chi connectivity index (χ3n) is 4.46. The summed E-state index contributed by atoms with van der Waals surface area (Å²) in [5.74, 6) is -0.878. The largest absolute Gasteiger partial charge is 0.300 e. The molecule has 0 atom stereocenters. The van der Waals surface area contributed by atoms with Crippen molar-refractivity contribution in [1.82, 2.24) is 9.88 Å². The van der Waals surface area contributed by atoms with Crippen LogP contribution in [0.15, 0.2) is 61.3 Å². The third-order valence-corrected chi connectivity index (χ3v) is 5.38. The number of fused-ring (bicyclic) bond motifs is 1. The molecular weight excluding hydrogens is 377 g/mol. The van der Waals surface area contributed by atoms with Crippen molar-refractivity contribution >= 4 is 34.0 Å². The number of carbonyl (C=O) groups is 2. The summed E-state index contributed by atoms with van der Waals surface area (Å²) in [6.07, 6.45) is 2.01. The Kier molecular flexibility index (Phi) is 4.75. The van der Waals surface area contributed by atoms with E-state index in [-0.39, 0.29) is 24.2 Å². The molecular formula is C21H16FN3O2S. The molecule has 1 aromatic heterocycles. The van der Waals surface area contributed by atoms with E-state index in [4.69, 9.17) is 0 Å². The van der Waals surface area contributed by atoms with Gasteiger partial charge in [0.25, 0.3) is 5.91 Å². The normalized spacial score (nSPS) is 13.0. The van der Waals surface area contributed by atoms with Crippen LogP contribution in [0.5, 0.6) is 0 Å². The number of halogens is 1. The minimum atomic E-state index is -0.367. The first kappa shape index (κ1) is 18.1. The SMILES string of the molecule is C=C1c2ccccc2C(=O)N1CC(=O)Nc1ncc(Cc2ccccc2F)s1. The van der Waals surface area contributed by atoms with Crippen molar-refractivity contribution in [2.75, 3.05) is 11.9 Å². The summed E-state index contributed by atoms with van der Waals surface area (Å²) < 4.78 is 13.8. The first-order valence-corrected chi connectivity index (χ1v) is 9.42. The summed E-state index contributed by atoms with van der Waals surface area (Å²) in [5.41, 5.74) is 2.36. The van der Waals surface area contributed by atoms with Crippen LogP contribution >= 0.6 is 11.3 Å². The van der Waals surface area contributed by atoms with E-state index in [0.29, 0.717) is 28.4 Å². The van der Waals surface area contributed by atoms with Crippen LogP contribution < -0.4 is 5.32 Å². The van der Waals surface area contributed by atoms with E-state index in [0.717, 1.165) is 10.4 Å². The number of hydrogen-bond donors (Lipinski definition) is 1. The number of amides is 2. The van der Waals surface area contributed by atoms with Gasteiger partial charge in [-0.25, -0.2) is 9.37 Å². The Morgan fingerprint density at radius 1 is 1.14 bits per heavy atom. The van der Waals surface area contributed by atoms with Crippen LogP contribution in [0, 0.1) is 5.82 Å². The van der Waals surface area contributed by atoms with Gasteiger partial charge in [-0.15, -0.1) is 11.3 Å². The lowest BCUT2D eigenvalue weighted by Gasteiger charge is -2.16. The fourth-order valence-corrected chi connectivity index (χ4v) is 3.93. The second-order valence-corrected chi connectivity index (χ2v) is 7.45. The van der Waals surface area contributed by atoms with Gasteiger partial charge in [-0.05, 0) is 17.7 Å². The Morgan fingerprint density at radius 2 is 1.86 bits per heavy atom. The van der Waals surface area contributed by atoms with E-state index in [1.165, 1.54) is 22.3 Å². The molecule has 0 radical (unpaired) electrons. The van der Waals surface area contributed by atoms with Crippen LogP contribution in [0.3, 0.4) is 0 Å². The molecule has 2 amide bonds. The highest BCUT2D eigenvalue weighted by atomic mass is 32.1. The van der Waals surface area contributed by atoms with Crippen LogP contribution in [-0.4, -0.2) is 28.2 Å². The van der Waals surface area contributed by atoms with Gasteiger partial charge in [0.15, 0.2) is 5.13 Å². The molecule has 0 saturated heterocycles. The van der Waals surface area contributed by atoms with Gasteiger partial charge in [-0.2, -0.15) is 0 Å². The van der Waals surface area contributed by atoms with E-state index in [1.807, 2.05) is 12.1 Å². The third kappa shape index (κ3) is 3.44. The van der Waals surface area contributed by atoms with E-state index in [9.17, 15) is 14.0 Å². The number of rotatable bonds is 5. The van der Waals surface area contributed by atoms with Gasteiger partial charge >= 0.3 is 0 Å². The lowest BCUT2D eigenvalue weighted by molar-refractivity contribution is -0.116. The molecule has 0 spiro atoms. The molecule has 2 heterocycles. The van der Waals surface area contributed by atoms with Gasteiger partial charge < -0.3 is 5.32 Å². The number of benzene rings is 2. The second kappa shape index (κ2) is 7.36. The average Bonchev–Trinajstić information content (AvgIpc) is 3.22. The minimum absolute atomic E-state index is 0.144. The highest BCUT2D eigenvalue weighted by Crippen LogP contribution is 2.31. The molecule has 28 heavy (non-hydrogen) atoms. The van der Waals surface area contributed by atoms with Crippen molar-refractivity contribution in [1.29, 1.82) is 0 Å². The second-order valence-electron chi connectivity index (χ2n) is 6.33. The fraction of sp³-hybridized carbons (Fsp3) is 0.0952. The summed E-state index contributed by atoms with van der Waals surface area (Å²) in [7, 11) is 0. The number of aromatic nitrogens is 1. The quantitative estimate of drug-likeness (QED) is 0.714. The zero-order valence-electron chi connectivity index (χ0n) is 14.8. The Bertz CT molecular complexity index is 1060. The van der Waals surface area contributed by atoms with E-state index >= 15 is 0 Å². The van der Waals surface area contributed by atoms with Gasteiger partial charge in [0.1, 0.15) is 12.4 Å². The number of hydrogen-bond acceptors (Lipinski definition) is 4. The van der Waals surface area contributed by atoms with Crippen molar-refractivity contribution in [3.05, 3.63) is 88.7 Å². The summed E-state index contributed by atoms with van der Waals surface area (Å²) >= 11 is 1.28. The van der Waals surface area contributed by atoms with Gasteiger partial charge in [0.05, 0.1) is 0 Å². The van der Waals surface area contributed by atoms with Crippen molar-refractivity contribution in [3.8, 4) is 0 Å². The molecule has 2 aromatic carbocycles. The van der Waals surface area contributed by atoms with Crippen molar-refractivity contribution in [2.24, 2.45) is 0 Å². The highest BCUT2D eigenvalue weighted by Gasteiger charge is 2.31. The minimum Gasteiger partial charge on any atom is -0.300 e. The lowest BCUT2D eigenvalue weighted by Crippen LogP contribution is -2.32. The molecule has 0 aliphatic carbocycles. The van der Waals surface area contributed by atoms with Crippen LogP contribution in [0.1, 0.15) is 26.4 Å². The molecule has 1 aliphatic heterocycles. The first-order chi connectivity index (χ1) is 13.5. The predicted octanol–water partition coefficient (Wildman–Crippen LogP) is 3.94. The van der Waals surface area contributed by atoms with Gasteiger partial charge in [-0.3, -0.25) is 14.5 Å². The molecule has 0 unspecified atom stereocenters. The zero-order chi connectivity index (χ0) is 19.7. The van der Waals surface area contributed by atoms with Crippen molar-refractivity contribution in [2.45, 2.75) is 6.42 Å². The first-order valence-electron chi connectivity index (χ1n) is 8.61. The Balaban J connectivity index is 1.40. The van der Waals surface area contributed by atoms with Crippen molar-refractivity contribution in [3.63, 3.8) is 0 Å². The Hall–Kier alpha value is -3.32. The van der Waals surface area contributed by atoms with E-state index in [2.05, 4.69) is 16.9 Å². The molecule has 4 rings (SSSR count). The van der Waals surface area contributed by atoms with Crippen LogP contribution in [0.25, 0.3) is 5.70 Å². The lowest BCUT2D eigenvalue weighted by atomic mass is 10.1. The molecule has 5 nitrogen and oxygen atoms in total. The number of carbonyl (C=O) groups excluding carboxylic acids is 2. The molecule has 0 saturated carbocycles. The zero-order valence-corrected chi connectivity index (χ0v) is 15.6. The molecule has 1 aliphatic rings. The van der Waals surface area contributed by atoms with E-state index in [1.54, 1.807) is 36.5 Å². The smallest absolute Gasteiger partial charge is 0.259 e. The standard InChI is InChI=1S/C21H16FN3O2S/c1-13-16-7-3-4-8-17(16)20(27)25(13)12-19(26)24-21-23-11-15(28-21)10-14-6-2-5-9-18(14)22/h2-9,11H,1,10,12H2,(H,23,24,26). The number of nitrogens with zero attached hydrogens (tertiary/aromatic N) is 2. The summed E-state index contributed by atoms with van der Waals surface area (Å²) in [6, 6.07) is 13.7. The van der Waals surface area contributed by atoms with Crippen molar-refractivity contribution < 1.29 is 14.0 Å². The Labute approximate surface area is 165 Å². The van der Waals surface area contributed by atoms with Crippen LogP contribution in [0.4, 0.5) is 9.52 Å².